The summed E-state index contributed by atoms with van der Waals surface area (Å²) in [7, 11) is -4.27. The molecule has 4 nitrogen and oxygen atoms in total. The fourth-order valence-electron chi connectivity index (χ4n) is 2.15. The topological polar surface area (TPSA) is 57.6 Å². The maximum Gasteiger partial charge on any atom is 0.246 e. The lowest BCUT2D eigenvalue weighted by Gasteiger charge is -2.22. The summed E-state index contributed by atoms with van der Waals surface area (Å²) >= 11 is 0. The lowest BCUT2D eigenvalue weighted by molar-refractivity contribution is 0.250. The van der Waals surface area contributed by atoms with E-state index in [4.69, 9.17) is 5.11 Å². The molecule has 0 aliphatic heterocycles. The van der Waals surface area contributed by atoms with E-state index in [1.54, 1.807) is 30.3 Å². The molecule has 0 bridgehead atoms. The van der Waals surface area contributed by atoms with E-state index < -0.39 is 33.2 Å². The summed E-state index contributed by atoms with van der Waals surface area (Å²) in [6, 6.07) is 10.2. The maximum absolute atomic E-state index is 14.0. The van der Waals surface area contributed by atoms with Crippen molar-refractivity contribution in [2.45, 2.75) is 18.4 Å². The molecule has 0 radical (unpaired) electrons. The molecule has 0 atom stereocenters. The molecular weight excluding hydrogens is 324 g/mol. The Morgan fingerprint density at radius 1 is 1.09 bits per heavy atom. The first-order chi connectivity index (χ1) is 10.9. The first-order valence-corrected chi connectivity index (χ1v) is 8.41. The SMILES string of the molecule is Cc1cc(F)c(S(=O)(=O)N(CCO)Cc2ccccc2)cc1F. The molecule has 0 heterocycles. The zero-order chi connectivity index (χ0) is 17.0. The molecule has 0 amide bonds. The van der Waals surface area contributed by atoms with Crippen molar-refractivity contribution in [3.8, 4) is 0 Å². The van der Waals surface area contributed by atoms with Gasteiger partial charge in [-0.05, 0) is 30.2 Å². The van der Waals surface area contributed by atoms with E-state index in [0.29, 0.717) is 11.6 Å². The van der Waals surface area contributed by atoms with Crippen molar-refractivity contribution >= 4 is 10.0 Å². The van der Waals surface area contributed by atoms with Gasteiger partial charge in [0.25, 0.3) is 0 Å². The third-order valence-corrected chi connectivity index (χ3v) is 5.24. The predicted molar refractivity (Wildman–Crippen MR) is 82.2 cm³/mol. The van der Waals surface area contributed by atoms with Crippen molar-refractivity contribution in [1.82, 2.24) is 4.31 Å². The molecule has 0 fully saturated rings. The summed E-state index contributed by atoms with van der Waals surface area (Å²) in [5.41, 5.74) is 0.704. The number of nitrogens with zero attached hydrogens (tertiary/aromatic N) is 1. The van der Waals surface area contributed by atoms with Crippen molar-refractivity contribution in [3.63, 3.8) is 0 Å². The van der Waals surface area contributed by atoms with Crippen molar-refractivity contribution in [3.05, 3.63) is 65.2 Å². The van der Waals surface area contributed by atoms with Crippen LogP contribution in [-0.2, 0) is 16.6 Å². The van der Waals surface area contributed by atoms with Crippen LogP contribution in [0.15, 0.2) is 47.4 Å². The smallest absolute Gasteiger partial charge is 0.246 e. The van der Waals surface area contributed by atoms with Crippen molar-refractivity contribution in [2.75, 3.05) is 13.2 Å². The molecule has 0 aliphatic rings. The number of sulfonamides is 1. The predicted octanol–water partition coefficient (Wildman–Crippen LogP) is 2.46. The van der Waals surface area contributed by atoms with Gasteiger partial charge in [-0.25, -0.2) is 17.2 Å². The van der Waals surface area contributed by atoms with Crippen LogP contribution in [0.3, 0.4) is 0 Å². The second-order valence-corrected chi connectivity index (χ2v) is 6.99. The molecule has 0 saturated heterocycles. The van der Waals surface area contributed by atoms with Gasteiger partial charge in [0.2, 0.25) is 10.0 Å². The summed E-state index contributed by atoms with van der Waals surface area (Å²) in [6.07, 6.45) is 0. The van der Waals surface area contributed by atoms with Gasteiger partial charge in [0.15, 0.2) is 0 Å². The minimum atomic E-state index is -4.27. The highest BCUT2D eigenvalue weighted by Gasteiger charge is 2.28. The van der Waals surface area contributed by atoms with E-state index in [0.717, 1.165) is 10.4 Å². The van der Waals surface area contributed by atoms with E-state index in [1.165, 1.54) is 6.92 Å². The molecular formula is C16H17F2NO3S. The minimum Gasteiger partial charge on any atom is -0.395 e. The highest BCUT2D eigenvalue weighted by atomic mass is 32.2. The monoisotopic (exact) mass is 341 g/mol. The Morgan fingerprint density at radius 3 is 2.35 bits per heavy atom. The number of benzene rings is 2. The van der Waals surface area contributed by atoms with Gasteiger partial charge in [-0.15, -0.1) is 0 Å². The van der Waals surface area contributed by atoms with Gasteiger partial charge in [-0.3, -0.25) is 0 Å². The molecule has 0 unspecified atom stereocenters. The fourth-order valence-corrected chi connectivity index (χ4v) is 3.62. The summed E-state index contributed by atoms with van der Waals surface area (Å²) in [6.45, 7) is 0.664. The van der Waals surface area contributed by atoms with Crippen molar-refractivity contribution in [1.29, 1.82) is 0 Å². The second-order valence-electron chi connectivity index (χ2n) is 5.08. The van der Waals surface area contributed by atoms with E-state index in [2.05, 4.69) is 0 Å². The summed E-state index contributed by atoms with van der Waals surface area (Å²) < 4.78 is 53.9. The number of aliphatic hydroxyl groups is 1. The third kappa shape index (κ3) is 3.93. The third-order valence-electron chi connectivity index (χ3n) is 3.38. The number of aliphatic hydroxyl groups excluding tert-OH is 1. The van der Waals surface area contributed by atoms with Crippen LogP contribution in [0.4, 0.5) is 8.78 Å². The van der Waals surface area contributed by atoms with Gasteiger partial charge in [-0.2, -0.15) is 4.31 Å². The number of hydrogen-bond acceptors (Lipinski definition) is 3. The van der Waals surface area contributed by atoms with Crippen LogP contribution in [-0.4, -0.2) is 31.0 Å². The Bertz CT molecular complexity index is 779. The molecule has 2 aromatic rings. The van der Waals surface area contributed by atoms with E-state index >= 15 is 0 Å². The van der Waals surface area contributed by atoms with Gasteiger partial charge in [0, 0.05) is 13.1 Å². The van der Waals surface area contributed by atoms with Crippen LogP contribution in [0.25, 0.3) is 0 Å². The Hall–Kier alpha value is -1.83. The minimum absolute atomic E-state index is 0.0261. The van der Waals surface area contributed by atoms with Gasteiger partial charge >= 0.3 is 0 Å². The zero-order valence-corrected chi connectivity index (χ0v) is 13.4. The van der Waals surface area contributed by atoms with Gasteiger partial charge in [0.1, 0.15) is 16.5 Å². The summed E-state index contributed by atoms with van der Waals surface area (Å²) in [5, 5.41) is 9.12. The normalized spacial score (nSPS) is 11.9. The van der Waals surface area contributed by atoms with Crippen LogP contribution >= 0.6 is 0 Å². The molecule has 2 rings (SSSR count). The molecule has 23 heavy (non-hydrogen) atoms. The first kappa shape index (κ1) is 17.5. The number of hydrogen-bond donors (Lipinski definition) is 1. The Labute approximate surface area is 134 Å². The van der Waals surface area contributed by atoms with Crippen LogP contribution in [0.2, 0.25) is 0 Å². The van der Waals surface area contributed by atoms with Gasteiger partial charge in [-0.1, -0.05) is 30.3 Å². The molecule has 124 valence electrons. The Balaban J connectivity index is 2.43. The Kier molecular flexibility index (Phi) is 5.46. The zero-order valence-electron chi connectivity index (χ0n) is 12.5. The van der Waals surface area contributed by atoms with Gasteiger partial charge < -0.3 is 5.11 Å². The largest absolute Gasteiger partial charge is 0.395 e. The Morgan fingerprint density at radius 2 is 1.74 bits per heavy atom. The molecule has 0 aliphatic carbocycles. The maximum atomic E-state index is 14.0. The average molecular weight is 341 g/mol. The standard InChI is InChI=1S/C16H17F2NO3S/c1-12-9-15(18)16(10-14(12)17)23(21,22)19(7-8-20)11-13-5-3-2-4-6-13/h2-6,9-10,20H,7-8,11H2,1H3. The molecule has 2 aromatic carbocycles. The van der Waals surface area contributed by atoms with Crippen LogP contribution in [0.1, 0.15) is 11.1 Å². The molecule has 0 aromatic heterocycles. The summed E-state index contributed by atoms with van der Waals surface area (Å²) in [4.78, 5) is -0.731. The molecule has 0 spiro atoms. The van der Waals surface area contributed by atoms with Crippen molar-refractivity contribution in [2.24, 2.45) is 0 Å². The fraction of sp³-hybridized carbons (Fsp3) is 0.250. The van der Waals surface area contributed by atoms with E-state index in [-0.39, 0.29) is 18.7 Å². The van der Waals surface area contributed by atoms with Crippen LogP contribution in [0, 0.1) is 18.6 Å². The summed E-state index contributed by atoms with van der Waals surface area (Å²) in [5.74, 6) is -1.81. The highest BCUT2D eigenvalue weighted by molar-refractivity contribution is 7.89. The molecule has 7 heteroatoms. The van der Waals surface area contributed by atoms with Crippen LogP contribution < -0.4 is 0 Å². The van der Waals surface area contributed by atoms with Gasteiger partial charge in [0.05, 0.1) is 6.61 Å². The number of halogens is 2. The van der Waals surface area contributed by atoms with Crippen LogP contribution in [0.5, 0.6) is 0 Å². The second kappa shape index (κ2) is 7.16. The van der Waals surface area contributed by atoms with E-state index in [1.807, 2.05) is 0 Å². The number of aryl methyl sites for hydroxylation is 1. The van der Waals surface area contributed by atoms with Crippen molar-refractivity contribution < 1.29 is 22.3 Å². The first-order valence-electron chi connectivity index (χ1n) is 6.97. The number of rotatable bonds is 6. The molecule has 1 N–H and O–H groups in total. The lowest BCUT2D eigenvalue weighted by atomic mass is 10.2. The highest BCUT2D eigenvalue weighted by Crippen LogP contribution is 2.23. The quantitative estimate of drug-likeness (QED) is 0.878. The lowest BCUT2D eigenvalue weighted by Crippen LogP contribution is -2.33. The average Bonchev–Trinajstić information content (AvgIpc) is 2.51. The molecule has 0 saturated carbocycles. The van der Waals surface area contributed by atoms with E-state index in [9.17, 15) is 17.2 Å².